The zero-order chi connectivity index (χ0) is 69.1. The Labute approximate surface area is 601 Å². The van der Waals surface area contributed by atoms with Gasteiger partial charge in [-0.1, -0.05) is 344 Å². The van der Waals surface area contributed by atoms with Gasteiger partial charge in [-0.05, 0) is 174 Å². The van der Waals surface area contributed by atoms with Gasteiger partial charge in [-0.2, -0.15) is 0 Å². The van der Waals surface area contributed by atoms with E-state index in [1.54, 1.807) is 0 Å². The van der Waals surface area contributed by atoms with E-state index in [-0.39, 0.29) is 0 Å². The molecule has 0 bridgehead atoms. The summed E-state index contributed by atoms with van der Waals surface area (Å²) in [6, 6.07) is 81.2. The van der Waals surface area contributed by atoms with Crippen LogP contribution in [-0.2, 0) is 25.7 Å². The minimum absolute atomic E-state index is 0.721. The minimum atomic E-state index is 0.721. The van der Waals surface area contributed by atoms with Gasteiger partial charge >= 0.3 is 0 Å². The van der Waals surface area contributed by atoms with Crippen LogP contribution in [0.3, 0.4) is 0 Å². The van der Waals surface area contributed by atoms with Crippen molar-refractivity contribution in [3.8, 4) is 112 Å². The number of nitrogens with zero attached hydrogens (tertiary/aromatic N) is 4. The van der Waals surface area contributed by atoms with Crippen molar-refractivity contribution in [1.82, 2.24) is 19.9 Å². The molecule has 2 aromatic heterocycles. The second-order valence-electron chi connectivity index (χ2n) is 28.5. The lowest BCUT2D eigenvalue weighted by molar-refractivity contribution is 0.605. The molecular formula is C96H110N4. The number of rotatable bonds is 38. The van der Waals surface area contributed by atoms with Gasteiger partial charge in [0.05, 0.1) is 22.8 Å². The normalized spacial score (nSPS) is 11.4. The molecule has 4 nitrogen and oxygen atoms in total. The minimum Gasteiger partial charge on any atom is -0.228 e. The summed E-state index contributed by atoms with van der Waals surface area (Å²) >= 11 is 0. The van der Waals surface area contributed by atoms with E-state index >= 15 is 0 Å². The van der Waals surface area contributed by atoms with Crippen LogP contribution in [0.4, 0.5) is 0 Å². The summed E-state index contributed by atoms with van der Waals surface area (Å²) in [4.78, 5) is 21.8. The van der Waals surface area contributed by atoms with Gasteiger partial charge in [0.15, 0.2) is 11.6 Å². The van der Waals surface area contributed by atoms with Crippen LogP contribution < -0.4 is 0 Å². The van der Waals surface area contributed by atoms with Crippen molar-refractivity contribution in [1.29, 1.82) is 0 Å². The van der Waals surface area contributed by atoms with Crippen LogP contribution in [0.25, 0.3) is 112 Å². The number of aromatic nitrogens is 4. The molecule has 0 amide bonds. The van der Waals surface area contributed by atoms with Crippen molar-refractivity contribution in [3.05, 3.63) is 252 Å². The molecule has 0 saturated heterocycles. The number of hydrogen-bond acceptors (Lipinski definition) is 4. The first-order chi connectivity index (χ1) is 49.2. The Hall–Kier alpha value is -8.86. The quantitative estimate of drug-likeness (QED) is 0.0362. The van der Waals surface area contributed by atoms with Crippen molar-refractivity contribution >= 4 is 0 Å². The van der Waals surface area contributed by atoms with Gasteiger partial charge in [-0.3, -0.25) is 0 Å². The summed E-state index contributed by atoms with van der Waals surface area (Å²) in [5.41, 5.74) is 28.6. The Morgan fingerprint density at radius 2 is 0.520 bits per heavy atom. The molecule has 514 valence electrons. The third kappa shape index (κ3) is 20.2. The maximum Gasteiger partial charge on any atom is 0.160 e. The fraction of sp³-hybridized carbons (Fsp3) is 0.354. The Morgan fingerprint density at radius 3 is 0.980 bits per heavy atom. The molecule has 0 aliphatic carbocycles. The first kappa shape index (κ1) is 72.4. The number of unbranched alkanes of at least 4 members (excludes halogenated alkanes) is 20. The van der Waals surface area contributed by atoms with Crippen LogP contribution in [0.15, 0.2) is 218 Å². The molecule has 9 aromatic carbocycles. The topological polar surface area (TPSA) is 51.6 Å². The van der Waals surface area contributed by atoms with Crippen molar-refractivity contribution < 1.29 is 0 Å². The van der Waals surface area contributed by atoms with Crippen LogP contribution >= 0.6 is 0 Å². The van der Waals surface area contributed by atoms with Gasteiger partial charge in [0.25, 0.3) is 0 Å². The highest BCUT2D eigenvalue weighted by Gasteiger charge is 2.21. The molecule has 0 radical (unpaired) electrons. The molecular weight excluding hydrogens is 1210 g/mol. The van der Waals surface area contributed by atoms with Crippen LogP contribution in [0.2, 0.25) is 0 Å². The van der Waals surface area contributed by atoms with Crippen molar-refractivity contribution in [2.24, 2.45) is 0 Å². The summed E-state index contributed by atoms with van der Waals surface area (Å²) < 4.78 is 0. The molecule has 0 aliphatic heterocycles. The Morgan fingerprint density at radius 1 is 0.210 bits per heavy atom. The van der Waals surface area contributed by atoms with Gasteiger partial charge in [-0.15, -0.1) is 0 Å². The predicted octanol–water partition coefficient (Wildman–Crippen LogP) is 28.2. The predicted molar refractivity (Wildman–Crippen MR) is 430 cm³/mol. The highest BCUT2D eigenvalue weighted by Crippen LogP contribution is 2.42. The summed E-state index contributed by atoms with van der Waals surface area (Å²) in [5.74, 6) is 1.47. The van der Waals surface area contributed by atoms with E-state index in [4.69, 9.17) is 19.9 Å². The van der Waals surface area contributed by atoms with Gasteiger partial charge in [0.1, 0.15) is 0 Å². The van der Waals surface area contributed by atoms with Crippen molar-refractivity contribution in [3.63, 3.8) is 0 Å². The van der Waals surface area contributed by atoms with E-state index in [0.717, 1.165) is 106 Å². The molecule has 11 rings (SSSR count). The lowest BCUT2D eigenvalue weighted by atomic mass is 9.84. The molecule has 11 aromatic rings. The summed E-state index contributed by atoms with van der Waals surface area (Å²) in [6.07, 6.45) is 34.4. The van der Waals surface area contributed by atoms with Gasteiger partial charge in [0, 0.05) is 33.4 Å². The molecule has 0 unspecified atom stereocenters. The zero-order valence-electron chi connectivity index (χ0n) is 61.4. The van der Waals surface area contributed by atoms with Crippen LogP contribution in [-0.4, -0.2) is 19.9 Å². The summed E-state index contributed by atoms with van der Waals surface area (Å²) in [6.45, 7) is 13.8. The van der Waals surface area contributed by atoms with Gasteiger partial charge in [-0.25, -0.2) is 19.9 Å². The maximum absolute atomic E-state index is 5.60. The van der Waals surface area contributed by atoms with Gasteiger partial charge in [0.2, 0.25) is 0 Å². The van der Waals surface area contributed by atoms with E-state index in [2.05, 4.69) is 260 Å². The SMILES string of the molecule is CCCCCCCCc1cc(-c2cc(-c3nc(-c4ccccc4)cc(-c4ccccc4)n3)cc(-c3cc(CCCCCCCC)c(-c4ccc(-c5cc(-c6cccc(-c7ccc(C)cc7)c6)nc(-c6ccccc6)n5)cc4)cc3CCCCCCCC)c2)c(CCCCCCCC)cc1C. The molecule has 100 heavy (non-hydrogen) atoms. The Balaban J connectivity index is 1.08. The first-order valence-electron chi connectivity index (χ1n) is 38.9. The zero-order valence-corrected chi connectivity index (χ0v) is 61.4. The molecule has 0 saturated carbocycles. The van der Waals surface area contributed by atoms with Crippen molar-refractivity contribution in [2.75, 3.05) is 0 Å². The molecule has 0 atom stereocenters. The lowest BCUT2D eigenvalue weighted by Crippen LogP contribution is -2.01. The second-order valence-corrected chi connectivity index (χ2v) is 28.5. The highest BCUT2D eigenvalue weighted by molar-refractivity contribution is 5.86. The number of hydrogen-bond donors (Lipinski definition) is 0. The second kappa shape index (κ2) is 38.1. The van der Waals surface area contributed by atoms with Crippen LogP contribution in [0.1, 0.15) is 215 Å². The molecule has 4 heteroatoms. The van der Waals surface area contributed by atoms with Crippen molar-refractivity contribution in [2.45, 2.75) is 221 Å². The largest absolute Gasteiger partial charge is 0.228 e. The van der Waals surface area contributed by atoms with Gasteiger partial charge < -0.3 is 0 Å². The van der Waals surface area contributed by atoms with Crippen LogP contribution in [0.5, 0.6) is 0 Å². The molecule has 0 N–H and O–H groups in total. The fourth-order valence-corrected chi connectivity index (χ4v) is 14.6. The third-order valence-corrected chi connectivity index (χ3v) is 20.6. The smallest absolute Gasteiger partial charge is 0.160 e. The summed E-state index contributed by atoms with van der Waals surface area (Å²) in [5, 5.41) is 0. The standard InChI is InChI=1S/C96H110N4/c1-7-11-15-19-23-30-47-79-66-89(81(61-72(79)6)48-31-24-20-16-12-8-2)85-63-86(65-87(64-85)96-98-91(75-41-34-27-35-42-75)69-92(99-96)76-43-36-28-37-44-76)90-68-82(49-32-25-21-17-13-9-3)88(67-83(90)50-33-26-22-18-14-10-4)74-57-59-77(60-58-74)93-70-94(100-95(97-93)78-45-38-29-39-46-78)84-52-40-51-80(62-84)73-55-53-71(5)54-56-73/h27-29,34-46,51-70H,7-26,30-33,47-50H2,1-6H3. The van der Waals surface area contributed by atoms with E-state index in [0.29, 0.717) is 0 Å². The fourth-order valence-electron chi connectivity index (χ4n) is 14.6. The lowest BCUT2D eigenvalue weighted by Gasteiger charge is -2.21. The van der Waals surface area contributed by atoms with E-state index in [9.17, 15) is 0 Å². The molecule has 0 fully saturated rings. The Bertz CT molecular complexity index is 4240. The number of benzene rings is 9. The average Bonchev–Trinajstić information content (AvgIpc) is 0.769. The first-order valence-corrected chi connectivity index (χ1v) is 38.9. The van der Waals surface area contributed by atoms with Crippen LogP contribution in [0, 0.1) is 13.8 Å². The molecule has 2 heterocycles. The maximum atomic E-state index is 5.60. The monoisotopic (exact) mass is 1320 g/mol. The van der Waals surface area contributed by atoms with E-state index in [1.807, 2.05) is 0 Å². The third-order valence-electron chi connectivity index (χ3n) is 20.6. The number of aryl methyl sites for hydroxylation is 6. The summed E-state index contributed by atoms with van der Waals surface area (Å²) in [7, 11) is 0. The Kier molecular flexibility index (Phi) is 27.6. The average molecular weight is 1320 g/mol. The molecule has 0 aliphatic rings. The van der Waals surface area contributed by atoms with E-state index < -0.39 is 0 Å². The van der Waals surface area contributed by atoms with E-state index in [1.165, 1.54) is 219 Å². The highest BCUT2D eigenvalue weighted by atomic mass is 14.9. The molecule has 0 spiro atoms.